The number of piperazine rings is 1. The molecule has 1 amide bonds. The van der Waals surface area contributed by atoms with Gasteiger partial charge in [-0.3, -0.25) is 9.69 Å². The van der Waals surface area contributed by atoms with E-state index < -0.39 is 0 Å². The SMILES string of the molecule is C[C@H](C(=O)N1CCCC1)N1CCN(c2oc(C3CC3)nc2C#N)CC1. The highest BCUT2D eigenvalue weighted by Crippen LogP contribution is 2.41. The summed E-state index contributed by atoms with van der Waals surface area (Å²) in [5.41, 5.74) is 0.400. The number of carbonyl (C=O) groups excluding carboxylic acids is 1. The summed E-state index contributed by atoms with van der Waals surface area (Å²) in [4.78, 5) is 23.3. The molecule has 4 rings (SSSR count). The van der Waals surface area contributed by atoms with Crippen molar-refractivity contribution in [3.8, 4) is 6.07 Å². The Bertz CT molecular complexity index is 676. The van der Waals surface area contributed by atoms with Crippen molar-refractivity contribution in [1.82, 2.24) is 14.8 Å². The molecule has 7 heteroatoms. The van der Waals surface area contributed by atoms with Crippen molar-refractivity contribution in [2.45, 2.75) is 44.6 Å². The average Bonchev–Trinajstić information content (AvgIpc) is 3.19. The van der Waals surface area contributed by atoms with Gasteiger partial charge in [-0.05, 0) is 32.6 Å². The van der Waals surface area contributed by atoms with Gasteiger partial charge in [-0.1, -0.05) is 0 Å². The first-order chi connectivity index (χ1) is 12.2. The van der Waals surface area contributed by atoms with Crippen LogP contribution in [-0.4, -0.2) is 66.0 Å². The molecule has 3 aliphatic rings. The van der Waals surface area contributed by atoms with E-state index in [0.29, 0.717) is 23.4 Å². The third-order valence-corrected chi connectivity index (χ3v) is 5.58. The monoisotopic (exact) mass is 343 g/mol. The van der Waals surface area contributed by atoms with Gasteiger partial charge in [-0.25, -0.2) is 4.98 Å². The van der Waals surface area contributed by atoms with Gasteiger partial charge in [0.2, 0.25) is 23.4 Å². The molecule has 134 valence electrons. The normalized spacial score (nSPS) is 22.9. The Kier molecular flexibility index (Phi) is 4.38. The van der Waals surface area contributed by atoms with Gasteiger partial charge in [0.15, 0.2) is 0 Å². The predicted octanol–water partition coefficient (Wildman–Crippen LogP) is 1.56. The zero-order chi connectivity index (χ0) is 17.4. The minimum Gasteiger partial charge on any atom is -0.423 e. The van der Waals surface area contributed by atoms with E-state index in [1.807, 2.05) is 11.8 Å². The second-order valence-corrected chi connectivity index (χ2v) is 7.32. The maximum absolute atomic E-state index is 12.6. The number of nitriles is 1. The first kappa shape index (κ1) is 16.4. The summed E-state index contributed by atoms with van der Waals surface area (Å²) in [7, 11) is 0. The van der Waals surface area contributed by atoms with Crippen LogP contribution in [0.15, 0.2) is 4.42 Å². The van der Waals surface area contributed by atoms with E-state index in [0.717, 1.165) is 65.0 Å². The van der Waals surface area contributed by atoms with Crippen LogP contribution in [0.1, 0.15) is 50.1 Å². The highest BCUT2D eigenvalue weighted by atomic mass is 16.4. The Morgan fingerprint density at radius 2 is 1.88 bits per heavy atom. The predicted molar refractivity (Wildman–Crippen MR) is 92.3 cm³/mol. The summed E-state index contributed by atoms with van der Waals surface area (Å²) in [5.74, 6) is 1.98. The summed E-state index contributed by atoms with van der Waals surface area (Å²) in [5, 5.41) is 9.34. The van der Waals surface area contributed by atoms with Crippen LogP contribution in [0.3, 0.4) is 0 Å². The number of oxazole rings is 1. The van der Waals surface area contributed by atoms with Crippen molar-refractivity contribution >= 4 is 11.8 Å². The first-order valence-corrected chi connectivity index (χ1v) is 9.36. The molecular weight excluding hydrogens is 318 g/mol. The van der Waals surface area contributed by atoms with Gasteiger partial charge >= 0.3 is 0 Å². The summed E-state index contributed by atoms with van der Waals surface area (Å²) in [6.45, 7) is 6.91. The Morgan fingerprint density at radius 1 is 1.20 bits per heavy atom. The Balaban J connectivity index is 1.38. The summed E-state index contributed by atoms with van der Waals surface area (Å²) in [6, 6.07) is 2.09. The lowest BCUT2D eigenvalue weighted by Gasteiger charge is -2.38. The zero-order valence-corrected chi connectivity index (χ0v) is 14.8. The number of rotatable bonds is 4. The van der Waals surface area contributed by atoms with Crippen LogP contribution in [0.25, 0.3) is 0 Å². The number of hydrogen-bond donors (Lipinski definition) is 0. The number of anilines is 1. The van der Waals surface area contributed by atoms with Gasteiger partial charge in [0.1, 0.15) is 6.07 Å². The van der Waals surface area contributed by atoms with Crippen LogP contribution in [0.4, 0.5) is 5.88 Å². The second-order valence-electron chi connectivity index (χ2n) is 7.32. The van der Waals surface area contributed by atoms with Gasteiger partial charge in [0.05, 0.1) is 6.04 Å². The number of carbonyl (C=O) groups is 1. The van der Waals surface area contributed by atoms with Gasteiger partial charge in [0, 0.05) is 45.2 Å². The lowest BCUT2D eigenvalue weighted by atomic mass is 10.2. The van der Waals surface area contributed by atoms with Crippen molar-refractivity contribution in [3.05, 3.63) is 11.6 Å². The van der Waals surface area contributed by atoms with E-state index >= 15 is 0 Å². The molecule has 2 aliphatic heterocycles. The Morgan fingerprint density at radius 3 is 2.48 bits per heavy atom. The quantitative estimate of drug-likeness (QED) is 0.826. The van der Waals surface area contributed by atoms with Crippen molar-refractivity contribution < 1.29 is 9.21 Å². The van der Waals surface area contributed by atoms with Crippen LogP contribution in [0, 0.1) is 11.3 Å². The summed E-state index contributed by atoms with van der Waals surface area (Å²) >= 11 is 0. The fourth-order valence-corrected chi connectivity index (χ4v) is 3.79. The third-order valence-electron chi connectivity index (χ3n) is 5.58. The minimum absolute atomic E-state index is 0.0764. The number of aromatic nitrogens is 1. The lowest BCUT2D eigenvalue weighted by Crippen LogP contribution is -2.54. The smallest absolute Gasteiger partial charge is 0.239 e. The zero-order valence-electron chi connectivity index (χ0n) is 14.8. The standard InChI is InChI=1S/C18H25N5O2/c1-13(17(24)22-6-2-3-7-22)21-8-10-23(11-9-21)18-15(12-19)20-16(25-18)14-4-5-14/h13-14H,2-11H2,1H3/t13-/m1/s1. The van der Waals surface area contributed by atoms with Crippen molar-refractivity contribution in [1.29, 1.82) is 5.26 Å². The summed E-state index contributed by atoms with van der Waals surface area (Å²) in [6.07, 6.45) is 4.46. The number of amides is 1. The van der Waals surface area contributed by atoms with Gasteiger partial charge in [-0.15, -0.1) is 0 Å². The van der Waals surface area contributed by atoms with Crippen molar-refractivity contribution in [2.75, 3.05) is 44.2 Å². The highest BCUT2D eigenvalue weighted by molar-refractivity contribution is 5.81. The van der Waals surface area contributed by atoms with Crippen molar-refractivity contribution in [2.24, 2.45) is 0 Å². The van der Waals surface area contributed by atoms with Crippen LogP contribution < -0.4 is 4.90 Å². The average molecular weight is 343 g/mol. The number of hydrogen-bond acceptors (Lipinski definition) is 6. The molecule has 0 bridgehead atoms. The fraction of sp³-hybridized carbons (Fsp3) is 0.722. The molecule has 0 radical (unpaired) electrons. The molecular formula is C18H25N5O2. The van der Waals surface area contributed by atoms with E-state index in [2.05, 4.69) is 20.9 Å². The number of likely N-dealkylation sites (tertiary alicyclic amines) is 1. The summed E-state index contributed by atoms with van der Waals surface area (Å²) < 4.78 is 5.89. The molecule has 1 atom stereocenters. The van der Waals surface area contributed by atoms with Gasteiger partial charge < -0.3 is 14.2 Å². The van der Waals surface area contributed by atoms with E-state index in [-0.39, 0.29) is 11.9 Å². The topological polar surface area (TPSA) is 76.6 Å². The molecule has 25 heavy (non-hydrogen) atoms. The maximum atomic E-state index is 12.6. The van der Waals surface area contributed by atoms with Crippen LogP contribution in [-0.2, 0) is 4.79 Å². The molecule has 0 N–H and O–H groups in total. The largest absolute Gasteiger partial charge is 0.423 e. The third kappa shape index (κ3) is 3.23. The number of nitrogens with zero attached hydrogens (tertiary/aromatic N) is 5. The molecule has 3 heterocycles. The van der Waals surface area contributed by atoms with E-state index in [9.17, 15) is 10.1 Å². The molecule has 1 aliphatic carbocycles. The van der Waals surface area contributed by atoms with Crippen molar-refractivity contribution in [3.63, 3.8) is 0 Å². The fourth-order valence-electron chi connectivity index (χ4n) is 3.79. The van der Waals surface area contributed by atoms with Crippen LogP contribution in [0.5, 0.6) is 0 Å². The van der Waals surface area contributed by atoms with E-state index in [1.165, 1.54) is 0 Å². The molecule has 7 nitrogen and oxygen atoms in total. The molecule has 0 spiro atoms. The minimum atomic E-state index is -0.0764. The van der Waals surface area contributed by atoms with Crippen LogP contribution >= 0.6 is 0 Å². The molecule has 1 saturated carbocycles. The van der Waals surface area contributed by atoms with E-state index in [4.69, 9.17) is 4.42 Å². The molecule has 0 aromatic carbocycles. The molecule has 1 aromatic heterocycles. The lowest BCUT2D eigenvalue weighted by molar-refractivity contribution is -0.135. The second kappa shape index (κ2) is 6.68. The molecule has 0 unspecified atom stereocenters. The van der Waals surface area contributed by atoms with E-state index in [1.54, 1.807) is 0 Å². The molecule has 1 aromatic rings. The maximum Gasteiger partial charge on any atom is 0.239 e. The molecule has 2 saturated heterocycles. The molecule has 3 fully saturated rings. The van der Waals surface area contributed by atoms with Crippen LogP contribution in [0.2, 0.25) is 0 Å². The van der Waals surface area contributed by atoms with Gasteiger partial charge in [0.25, 0.3) is 0 Å². The first-order valence-electron chi connectivity index (χ1n) is 9.36. The van der Waals surface area contributed by atoms with Gasteiger partial charge in [-0.2, -0.15) is 5.26 Å². The Labute approximate surface area is 148 Å². The highest BCUT2D eigenvalue weighted by Gasteiger charge is 2.34. The Hall–Kier alpha value is -2.07.